The zero-order valence-electron chi connectivity index (χ0n) is 7.29. The first-order chi connectivity index (χ1) is 5.95. The summed E-state index contributed by atoms with van der Waals surface area (Å²) in [7, 11) is 0. The van der Waals surface area contributed by atoms with Crippen LogP contribution in [-0.2, 0) is 12.8 Å². The average Bonchev–Trinajstić information content (AvgIpc) is 2.86. The molecule has 2 aliphatic rings. The van der Waals surface area contributed by atoms with Gasteiger partial charge >= 0.3 is 0 Å². The van der Waals surface area contributed by atoms with Crippen LogP contribution in [0.25, 0.3) is 0 Å². The van der Waals surface area contributed by atoms with E-state index in [2.05, 4.69) is 15.9 Å². The van der Waals surface area contributed by atoms with E-state index in [1.165, 1.54) is 44.2 Å². The summed E-state index contributed by atoms with van der Waals surface area (Å²) in [6.07, 6.45) is 10.0. The van der Waals surface area contributed by atoms with Crippen molar-refractivity contribution in [1.29, 1.82) is 0 Å². The quantitative estimate of drug-likeness (QED) is 0.618. The molecule has 1 aromatic rings. The van der Waals surface area contributed by atoms with Gasteiger partial charge in [-0.1, -0.05) is 0 Å². The van der Waals surface area contributed by atoms with Crippen molar-refractivity contribution in [3.05, 3.63) is 17.7 Å². The Morgan fingerprint density at radius 1 is 1.25 bits per heavy atom. The summed E-state index contributed by atoms with van der Waals surface area (Å²) in [6, 6.07) is 0.819. The SMILES string of the molecule is c1nc2c(n1C1CC1)CCCC2. The van der Waals surface area contributed by atoms with E-state index in [9.17, 15) is 0 Å². The molecule has 2 nitrogen and oxygen atoms in total. The second-order valence-electron chi connectivity index (χ2n) is 3.98. The van der Waals surface area contributed by atoms with Gasteiger partial charge in [-0.05, 0) is 38.5 Å². The van der Waals surface area contributed by atoms with Crippen molar-refractivity contribution in [2.45, 2.75) is 44.6 Å². The number of imidazole rings is 1. The molecular weight excluding hydrogens is 148 g/mol. The van der Waals surface area contributed by atoms with Gasteiger partial charge in [0, 0.05) is 11.7 Å². The molecule has 0 amide bonds. The molecule has 1 saturated carbocycles. The first-order valence-electron chi connectivity index (χ1n) is 5.00. The Balaban J connectivity index is 2.03. The van der Waals surface area contributed by atoms with Gasteiger partial charge in [0.05, 0.1) is 12.0 Å². The van der Waals surface area contributed by atoms with Crippen LogP contribution in [0.5, 0.6) is 0 Å². The van der Waals surface area contributed by atoms with Gasteiger partial charge in [0.15, 0.2) is 0 Å². The number of nitrogens with zero attached hydrogens (tertiary/aromatic N) is 2. The molecule has 0 unspecified atom stereocenters. The maximum absolute atomic E-state index is 4.48. The fourth-order valence-electron chi connectivity index (χ4n) is 2.16. The lowest BCUT2D eigenvalue weighted by atomic mass is 10.0. The van der Waals surface area contributed by atoms with E-state index in [-0.39, 0.29) is 0 Å². The highest BCUT2D eigenvalue weighted by Gasteiger charge is 2.27. The van der Waals surface area contributed by atoms with Gasteiger partial charge in [0.25, 0.3) is 0 Å². The Bertz CT molecular complexity index is 297. The van der Waals surface area contributed by atoms with E-state index in [1.54, 1.807) is 5.69 Å². The smallest absolute Gasteiger partial charge is 0.0954 e. The molecule has 64 valence electrons. The fourth-order valence-corrected chi connectivity index (χ4v) is 2.16. The topological polar surface area (TPSA) is 17.8 Å². The van der Waals surface area contributed by atoms with Gasteiger partial charge in [0.2, 0.25) is 0 Å². The van der Waals surface area contributed by atoms with Crippen LogP contribution >= 0.6 is 0 Å². The van der Waals surface area contributed by atoms with Crippen LogP contribution in [0.3, 0.4) is 0 Å². The third-order valence-electron chi connectivity index (χ3n) is 3.00. The molecule has 1 fully saturated rings. The van der Waals surface area contributed by atoms with E-state index < -0.39 is 0 Å². The minimum absolute atomic E-state index is 0.819. The van der Waals surface area contributed by atoms with Crippen LogP contribution in [0.4, 0.5) is 0 Å². The van der Waals surface area contributed by atoms with Gasteiger partial charge in [-0.3, -0.25) is 0 Å². The van der Waals surface area contributed by atoms with Crippen LogP contribution in [0.1, 0.15) is 43.1 Å². The van der Waals surface area contributed by atoms with Crippen LogP contribution in [0.2, 0.25) is 0 Å². The van der Waals surface area contributed by atoms with E-state index >= 15 is 0 Å². The maximum Gasteiger partial charge on any atom is 0.0954 e. The fraction of sp³-hybridized carbons (Fsp3) is 0.700. The third-order valence-corrected chi connectivity index (χ3v) is 3.00. The minimum Gasteiger partial charge on any atom is -0.331 e. The molecular formula is C10H14N2. The molecule has 1 aromatic heterocycles. The monoisotopic (exact) mass is 162 g/mol. The number of aromatic nitrogens is 2. The lowest BCUT2D eigenvalue weighted by molar-refractivity contribution is 0.614. The molecule has 3 rings (SSSR count). The molecule has 2 heteroatoms. The van der Waals surface area contributed by atoms with E-state index in [0.717, 1.165) is 6.04 Å². The average molecular weight is 162 g/mol. The highest BCUT2D eigenvalue weighted by molar-refractivity contribution is 5.18. The summed E-state index contributed by atoms with van der Waals surface area (Å²) >= 11 is 0. The Morgan fingerprint density at radius 3 is 2.92 bits per heavy atom. The predicted octanol–water partition coefficient (Wildman–Crippen LogP) is 2.10. The molecule has 0 aromatic carbocycles. The number of fused-ring (bicyclic) bond motifs is 1. The molecule has 0 atom stereocenters. The van der Waals surface area contributed by atoms with Crippen molar-refractivity contribution in [3.8, 4) is 0 Å². The summed E-state index contributed by atoms with van der Waals surface area (Å²) in [5, 5.41) is 0. The summed E-state index contributed by atoms with van der Waals surface area (Å²) in [5.74, 6) is 0. The molecule has 1 heterocycles. The van der Waals surface area contributed by atoms with E-state index in [4.69, 9.17) is 0 Å². The van der Waals surface area contributed by atoms with Crippen molar-refractivity contribution in [2.24, 2.45) is 0 Å². The normalized spacial score (nSPS) is 22.3. The number of hydrogen-bond acceptors (Lipinski definition) is 1. The lowest BCUT2D eigenvalue weighted by Gasteiger charge is -2.12. The van der Waals surface area contributed by atoms with Gasteiger partial charge in [-0.2, -0.15) is 0 Å². The highest BCUT2D eigenvalue weighted by atomic mass is 15.1. The van der Waals surface area contributed by atoms with Crippen molar-refractivity contribution in [1.82, 2.24) is 9.55 Å². The molecule has 0 saturated heterocycles. The van der Waals surface area contributed by atoms with Crippen molar-refractivity contribution in [3.63, 3.8) is 0 Å². The van der Waals surface area contributed by atoms with E-state index in [1.807, 2.05) is 0 Å². The molecule has 2 aliphatic carbocycles. The second kappa shape index (κ2) is 2.35. The largest absolute Gasteiger partial charge is 0.331 e. The third kappa shape index (κ3) is 0.904. The molecule has 0 N–H and O–H groups in total. The van der Waals surface area contributed by atoms with Crippen molar-refractivity contribution in [2.75, 3.05) is 0 Å². The summed E-state index contributed by atoms with van der Waals surface area (Å²) in [4.78, 5) is 4.48. The Hall–Kier alpha value is -0.790. The molecule has 0 spiro atoms. The van der Waals surface area contributed by atoms with Gasteiger partial charge in [-0.15, -0.1) is 0 Å². The van der Waals surface area contributed by atoms with Gasteiger partial charge in [-0.25, -0.2) is 4.98 Å². The zero-order valence-corrected chi connectivity index (χ0v) is 7.29. The second-order valence-corrected chi connectivity index (χ2v) is 3.98. The standard InChI is InChI=1S/C10H14N2/c1-2-4-10-9(3-1)11-7-12(10)8-5-6-8/h7-8H,1-6H2. The zero-order chi connectivity index (χ0) is 7.97. The Kier molecular flexibility index (Phi) is 1.31. The Morgan fingerprint density at radius 2 is 2.08 bits per heavy atom. The van der Waals surface area contributed by atoms with E-state index in [0.29, 0.717) is 0 Å². The number of hydrogen-bond donors (Lipinski definition) is 0. The number of rotatable bonds is 1. The van der Waals surface area contributed by atoms with Gasteiger partial charge in [0.1, 0.15) is 0 Å². The lowest BCUT2D eigenvalue weighted by Crippen LogP contribution is -2.06. The van der Waals surface area contributed by atoms with Crippen LogP contribution in [-0.4, -0.2) is 9.55 Å². The van der Waals surface area contributed by atoms with Crippen LogP contribution in [0.15, 0.2) is 6.33 Å². The van der Waals surface area contributed by atoms with Gasteiger partial charge < -0.3 is 4.57 Å². The summed E-state index contributed by atoms with van der Waals surface area (Å²) in [5.41, 5.74) is 2.93. The highest BCUT2D eigenvalue weighted by Crippen LogP contribution is 2.37. The molecule has 0 radical (unpaired) electrons. The van der Waals surface area contributed by atoms with Crippen molar-refractivity contribution < 1.29 is 0 Å². The van der Waals surface area contributed by atoms with Crippen LogP contribution in [0, 0.1) is 0 Å². The molecule has 0 bridgehead atoms. The molecule has 12 heavy (non-hydrogen) atoms. The number of aryl methyl sites for hydroxylation is 1. The first kappa shape index (κ1) is 6.70. The first-order valence-corrected chi connectivity index (χ1v) is 5.00. The summed E-state index contributed by atoms with van der Waals surface area (Å²) in [6.45, 7) is 0. The van der Waals surface area contributed by atoms with Crippen molar-refractivity contribution >= 4 is 0 Å². The summed E-state index contributed by atoms with van der Waals surface area (Å²) < 4.78 is 2.43. The van der Waals surface area contributed by atoms with Crippen LogP contribution < -0.4 is 0 Å². The Labute approximate surface area is 72.6 Å². The molecule has 0 aliphatic heterocycles. The minimum atomic E-state index is 0.819. The maximum atomic E-state index is 4.48. The predicted molar refractivity (Wildman–Crippen MR) is 47.1 cm³/mol.